The Morgan fingerprint density at radius 3 is 2.83 bits per heavy atom. The summed E-state index contributed by atoms with van der Waals surface area (Å²) in [6.45, 7) is 6.13. The number of nitrogens with zero attached hydrogens (tertiary/aromatic N) is 2. The first-order chi connectivity index (χ1) is 11.6. The van der Waals surface area contributed by atoms with Crippen LogP contribution >= 0.6 is 0 Å². The summed E-state index contributed by atoms with van der Waals surface area (Å²) < 4.78 is 0. The zero-order valence-electron chi connectivity index (χ0n) is 14.0. The number of anilines is 1. The lowest BCUT2D eigenvalue weighted by Gasteiger charge is -2.17. The fourth-order valence-corrected chi connectivity index (χ4v) is 3.14. The van der Waals surface area contributed by atoms with Gasteiger partial charge in [-0.25, -0.2) is 4.98 Å². The van der Waals surface area contributed by atoms with Crippen LogP contribution in [0, 0.1) is 12.8 Å². The first-order valence-corrected chi connectivity index (χ1v) is 8.38. The molecular weight excluding hydrogens is 300 g/mol. The zero-order valence-corrected chi connectivity index (χ0v) is 14.0. The van der Waals surface area contributed by atoms with Crippen LogP contribution in [-0.2, 0) is 6.54 Å². The number of carbonyl (C=O) groups is 1. The second-order valence-electron chi connectivity index (χ2n) is 6.55. The summed E-state index contributed by atoms with van der Waals surface area (Å²) in [6, 6.07) is 11.7. The van der Waals surface area contributed by atoms with Gasteiger partial charge in [0.25, 0.3) is 0 Å². The van der Waals surface area contributed by atoms with Crippen molar-refractivity contribution < 1.29 is 4.79 Å². The molecule has 0 spiro atoms. The molecule has 1 saturated heterocycles. The molecule has 0 bridgehead atoms. The molecule has 0 radical (unpaired) electrons. The second kappa shape index (κ2) is 7.45. The Balaban J connectivity index is 1.47. The van der Waals surface area contributed by atoms with Crippen molar-refractivity contribution in [3.8, 4) is 0 Å². The number of primary amides is 1. The summed E-state index contributed by atoms with van der Waals surface area (Å²) in [4.78, 5) is 17.9. The number of rotatable bonds is 6. The van der Waals surface area contributed by atoms with Gasteiger partial charge in [-0.2, -0.15) is 0 Å². The Labute approximate surface area is 142 Å². The third kappa shape index (κ3) is 4.32. The van der Waals surface area contributed by atoms with Gasteiger partial charge in [0, 0.05) is 31.4 Å². The lowest BCUT2D eigenvalue weighted by molar-refractivity contribution is 0.100. The van der Waals surface area contributed by atoms with Crippen molar-refractivity contribution in [2.45, 2.75) is 19.9 Å². The van der Waals surface area contributed by atoms with Crippen molar-refractivity contribution in [1.82, 2.24) is 9.88 Å². The molecule has 3 N–H and O–H groups in total. The average Bonchev–Trinajstić information content (AvgIpc) is 3.01. The summed E-state index contributed by atoms with van der Waals surface area (Å²) >= 11 is 0. The van der Waals surface area contributed by atoms with Gasteiger partial charge in [0.1, 0.15) is 5.82 Å². The maximum atomic E-state index is 11.1. The van der Waals surface area contributed by atoms with E-state index >= 15 is 0 Å². The van der Waals surface area contributed by atoms with E-state index in [1.54, 1.807) is 12.1 Å². The van der Waals surface area contributed by atoms with E-state index in [1.165, 1.54) is 17.5 Å². The van der Waals surface area contributed by atoms with E-state index in [0.717, 1.165) is 32.0 Å². The Bertz CT molecular complexity index is 699. The van der Waals surface area contributed by atoms with E-state index in [9.17, 15) is 4.79 Å². The smallest absolute Gasteiger partial charge is 0.248 e. The largest absolute Gasteiger partial charge is 0.370 e. The molecule has 0 unspecified atom stereocenters. The molecule has 1 amide bonds. The predicted molar refractivity (Wildman–Crippen MR) is 95.8 cm³/mol. The molecule has 2 heterocycles. The van der Waals surface area contributed by atoms with Crippen LogP contribution in [-0.4, -0.2) is 35.4 Å². The summed E-state index contributed by atoms with van der Waals surface area (Å²) in [5, 5.41) is 3.44. The maximum Gasteiger partial charge on any atom is 0.248 e. The Hall–Kier alpha value is -2.40. The van der Waals surface area contributed by atoms with Gasteiger partial charge in [-0.1, -0.05) is 12.1 Å². The molecule has 2 aromatic rings. The van der Waals surface area contributed by atoms with Crippen LogP contribution in [0.15, 0.2) is 42.6 Å². The van der Waals surface area contributed by atoms with Crippen LogP contribution in [0.3, 0.4) is 0 Å². The molecule has 5 nitrogen and oxygen atoms in total. The van der Waals surface area contributed by atoms with Gasteiger partial charge in [0.2, 0.25) is 5.91 Å². The van der Waals surface area contributed by atoms with E-state index < -0.39 is 0 Å². The molecule has 1 aromatic carbocycles. The molecule has 1 aliphatic heterocycles. The topological polar surface area (TPSA) is 71.2 Å². The molecule has 1 aliphatic rings. The van der Waals surface area contributed by atoms with Gasteiger partial charge in [-0.15, -0.1) is 0 Å². The standard InChI is InChI=1S/C19H24N4O/c1-14-6-8-21-18(10-14)22-11-16-7-9-23(13-16)12-15-2-4-17(5-3-15)19(20)24/h2-6,8,10,16H,7,9,11-13H2,1H3,(H2,20,24)(H,21,22)/t16-/m0/s1. The Kier molecular flexibility index (Phi) is 5.11. The highest BCUT2D eigenvalue weighted by Gasteiger charge is 2.22. The average molecular weight is 324 g/mol. The molecule has 3 rings (SSSR count). The molecule has 0 saturated carbocycles. The van der Waals surface area contributed by atoms with E-state index in [0.29, 0.717) is 11.5 Å². The van der Waals surface area contributed by atoms with E-state index in [-0.39, 0.29) is 5.91 Å². The minimum atomic E-state index is -0.376. The molecule has 24 heavy (non-hydrogen) atoms. The predicted octanol–water partition coefficient (Wildman–Crippen LogP) is 2.42. The number of hydrogen-bond donors (Lipinski definition) is 2. The van der Waals surface area contributed by atoms with Crippen molar-refractivity contribution in [1.29, 1.82) is 0 Å². The summed E-state index contributed by atoms with van der Waals surface area (Å²) in [5.74, 6) is 1.21. The number of aromatic nitrogens is 1. The van der Waals surface area contributed by atoms with Gasteiger partial charge in [-0.05, 0) is 61.2 Å². The molecule has 1 aromatic heterocycles. The molecular formula is C19H24N4O. The number of aryl methyl sites for hydroxylation is 1. The Morgan fingerprint density at radius 2 is 2.12 bits per heavy atom. The summed E-state index contributed by atoms with van der Waals surface area (Å²) in [7, 11) is 0. The molecule has 5 heteroatoms. The lowest BCUT2D eigenvalue weighted by atomic mass is 10.1. The number of amides is 1. The summed E-state index contributed by atoms with van der Waals surface area (Å²) in [6.07, 6.45) is 3.03. The molecule has 126 valence electrons. The van der Waals surface area contributed by atoms with Gasteiger partial charge in [0.05, 0.1) is 0 Å². The number of hydrogen-bond acceptors (Lipinski definition) is 4. The van der Waals surface area contributed by atoms with Crippen molar-refractivity contribution in [3.63, 3.8) is 0 Å². The number of pyridine rings is 1. The van der Waals surface area contributed by atoms with Crippen LogP contribution < -0.4 is 11.1 Å². The van der Waals surface area contributed by atoms with Crippen LogP contribution in [0.2, 0.25) is 0 Å². The van der Waals surface area contributed by atoms with Gasteiger partial charge >= 0.3 is 0 Å². The van der Waals surface area contributed by atoms with E-state index in [4.69, 9.17) is 5.73 Å². The summed E-state index contributed by atoms with van der Waals surface area (Å²) in [5.41, 5.74) is 8.28. The van der Waals surface area contributed by atoms with Crippen LogP contribution in [0.1, 0.15) is 27.9 Å². The highest BCUT2D eigenvalue weighted by atomic mass is 16.1. The third-order valence-corrected chi connectivity index (χ3v) is 4.50. The number of nitrogens with two attached hydrogens (primary N) is 1. The number of nitrogens with one attached hydrogen (secondary N) is 1. The molecule has 1 atom stereocenters. The van der Waals surface area contributed by atoms with Crippen molar-refractivity contribution in [2.75, 3.05) is 25.0 Å². The van der Waals surface area contributed by atoms with Crippen LogP contribution in [0.5, 0.6) is 0 Å². The normalized spacial score (nSPS) is 17.8. The van der Waals surface area contributed by atoms with Gasteiger partial charge < -0.3 is 11.1 Å². The minimum absolute atomic E-state index is 0.376. The first kappa shape index (κ1) is 16.5. The van der Waals surface area contributed by atoms with Crippen LogP contribution in [0.4, 0.5) is 5.82 Å². The lowest BCUT2D eigenvalue weighted by Crippen LogP contribution is -2.23. The maximum absolute atomic E-state index is 11.1. The quantitative estimate of drug-likeness (QED) is 0.856. The highest BCUT2D eigenvalue weighted by Crippen LogP contribution is 2.19. The number of benzene rings is 1. The SMILES string of the molecule is Cc1ccnc(NC[C@@H]2CCN(Cc3ccc(C(N)=O)cc3)C2)c1. The minimum Gasteiger partial charge on any atom is -0.370 e. The van der Waals surface area contributed by atoms with Crippen molar-refractivity contribution in [2.24, 2.45) is 11.7 Å². The first-order valence-electron chi connectivity index (χ1n) is 8.38. The van der Waals surface area contributed by atoms with E-state index in [2.05, 4.69) is 28.2 Å². The van der Waals surface area contributed by atoms with Gasteiger partial charge in [0.15, 0.2) is 0 Å². The van der Waals surface area contributed by atoms with Crippen LogP contribution in [0.25, 0.3) is 0 Å². The molecule has 0 aliphatic carbocycles. The van der Waals surface area contributed by atoms with Gasteiger partial charge in [-0.3, -0.25) is 9.69 Å². The number of carbonyl (C=O) groups excluding carboxylic acids is 1. The highest BCUT2D eigenvalue weighted by molar-refractivity contribution is 5.92. The van der Waals surface area contributed by atoms with E-state index in [1.807, 2.05) is 24.4 Å². The van der Waals surface area contributed by atoms with Crippen molar-refractivity contribution >= 4 is 11.7 Å². The van der Waals surface area contributed by atoms with Crippen molar-refractivity contribution in [3.05, 3.63) is 59.3 Å². The fourth-order valence-electron chi connectivity index (χ4n) is 3.14. The fraction of sp³-hybridized carbons (Fsp3) is 0.368. The Morgan fingerprint density at radius 1 is 1.33 bits per heavy atom. The molecule has 1 fully saturated rings. The zero-order chi connectivity index (χ0) is 16.9. The second-order valence-corrected chi connectivity index (χ2v) is 6.55. The third-order valence-electron chi connectivity index (χ3n) is 4.50. The number of likely N-dealkylation sites (tertiary alicyclic amines) is 1. The monoisotopic (exact) mass is 324 g/mol.